The first-order chi connectivity index (χ1) is 17.1. The van der Waals surface area contributed by atoms with Crippen molar-refractivity contribution in [3.05, 3.63) is 0 Å². The van der Waals surface area contributed by atoms with Crippen molar-refractivity contribution >= 4 is 25.7 Å². The van der Waals surface area contributed by atoms with E-state index in [1.165, 1.54) is 25.7 Å². The fourth-order valence-electron chi connectivity index (χ4n) is 3.25. The highest BCUT2D eigenvalue weighted by atomic mass is 31.2. The van der Waals surface area contributed by atoms with Crippen LogP contribution in [0.15, 0.2) is 0 Å². The molecule has 11 nitrogen and oxygen atoms in total. The first kappa shape index (κ1) is 34.5. The number of carboxylic acids is 1. The van der Waals surface area contributed by atoms with Crippen LogP contribution in [-0.2, 0) is 32.7 Å². The van der Waals surface area contributed by atoms with Crippen molar-refractivity contribution in [1.82, 2.24) is 5.32 Å². The van der Waals surface area contributed by atoms with E-state index in [9.17, 15) is 34.1 Å². The van der Waals surface area contributed by atoms with Gasteiger partial charge in [0.2, 0.25) is 5.91 Å². The highest BCUT2D eigenvalue weighted by Crippen LogP contribution is 2.43. The zero-order valence-corrected chi connectivity index (χ0v) is 22.7. The van der Waals surface area contributed by atoms with Crippen LogP contribution in [0.1, 0.15) is 104 Å². The van der Waals surface area contributed by atoms with Crippen LogP contribution < -0.4 is 5.32 Å². The minimum Gasteiger partial charge on any atom is -0.480 e. The van der Waals surface area contributed by atoms with Crippen molar-refractivity contribution < 1.29 is 47.8 Å². The second-order valence-corrected chi connectivity index (χ2v) is 10.3. The number of carbonyl (C=O) groups is 3. The summed E-state index contributed by atoms with van der Waals surface area (Å²) in [6.45, 7) is 2.33. The summed E-state index contributed by atoms with van der Waals surface area (Å²) in [5, 5.41) is 21.3. The molecule has 0 aliphatic heterocycles. The maximum atomic E-state index is 12.0. The number of aliphatic hydroxyl groups is 1. The molecule has 3 unspecified atom stereocenters. The second kappa shape index (κ2) is 21.6. The number of aliphatic hydroxyl groups excluding tert-OH is 1. The number of unbranched alkanes of at least 4 members (excludes halogenated alkanes) is 10. The van der Waals surface area contributed by atoms with Crippen LogP contribution in [0.4, 0.5) is 0 Å². The number of rotatable bonds is 24. The normalized spacial score (nSPS) is 14.6. The van der Waals surface area contributed by atoms with Gasteiger partial charge in [0.05, 0.1) is 13.2 Å². The van der Waals surface area contributed by atoms with Gasteiger partial charge in [-0.2, -0.15) is 0 Å². The molecule has 36 heavy (non-hydrogen) atoms. The maximum Gasteiger partial charge on any atom is 0.472 e. The lowest BCUT2D eigenvalue weighted by atomic mass is 10.1. The van der Waals surface area contributed by atoms with E-state index in [-0.39, 0.29) is 12.8 Å². The van der Waals surface area contributed by atoms with E-state index in [4.69, 9.17) is 4.74 Å². The molecule has 1 amide bonds. The van der Waals surface area contributed by atoms with Crippen LogP contribution >= 0.6 is 7.82 Å². The highest BCUT2D eigenvalue weighted by Gasteiger charge is 2.28. The van der Waals surface area contributed by atoms with E-state index in [2.05, 4.69) is 28.2 Å². The minimum absolute atomic E-state index is 0.148. The maximum absolute atomic E-state index is 12.0. The third-order valence-electron chi connectivity index (χ3n) is 5.40. The van der Waals surface area contributed by atoms with Crippen molar-refractivity contribution in [3.8, 4) is 0 Å². The molecule has 0 fully saturated rings. The zero-order chi connectivity index (χ0) is 27.2. The molecule has 12 heteroatoms. The lowest BCUT2D eigenvalue weighted by molar-refractivity contribution is -0.147. The molecule has 4 N–H and O–H groups in total. The highest BCUT2D eigenvalue weighted by molar-refractivity contribution is 7.47. The number of amides is 1. The number of aliphatic carboxylic acids is 1. The summed E-state index contributed by atoms with van der Waals surface area (Å²) >= 11 is 0. The predicted octanol–water partition coefficient (Wildman–Crippen LogP) is 4.09. The second-order valence-electron chi connectivity index (χ2n) is 8.89. The van der Waals surface area contributed by atoms with Gasteiger partial charge in [-0.05, 0) is 12.8 Å². The summed E-state index contributed by atoms with van der Waals surface area (Å²) in [7, 11) is -4.71. The Morgan fingerprint density at radius 1 is 0.778 bits per heavy atom. The first-order valence-electron chi connectivity index (χ1n) is 13.1. The Balaban J connectivity index is 4.18. The van der Waals surface area contributed by atoms with Crippen molar-refractivity contribution in [2.45, 2.75) is 116 Å². The number of esters is 1. The molecule has 3 atom stereocenters. The molecule has 0 aromatic heterocycles. The fourth-order valence-corrected chi connectivity index (χ4v) is 4.02. The molecule has 0 bridgehead atoms. The molecule has 0 heterocycles. The van der Waals surface area contributed by atoms with E-state index in [1.807, 2.05) is 0 Å². The summed E-state index contributed by atoms with van der Waals surface area (Å²) in [5.41, 5.74) is 0. The van der Waals surface area contributed by atoms with Crippen molar-refractivity contribution in [2.75, 3.05) is 19.8 Å². The molecule has 0 rings (SSSR count). The van der Waals surface area contributed by atoms with Crippen LogP contribution in [0.25, 0.3) is 0 Å². The number of phosphoric ester groups is 1. The topological polar surface area (TPSA) is 169 Å². The third kappa shape index (κ3) is 20.7. The monoisotopic (exact) mass is 539 g/mol. The van der Waals surface area contributed by atoms with Crippen molar-refractivity contribution in [2.24, 2.45) is 0 Å². The van der Waals surface area contributed by atoms with Gasteiger partial charge in [0.1, 0.15) is 12.7 Å². The molecular formula is C24H46NO10P. The number of nitrogens with one attached hydrogen (secondary N) is 1. The Labute approximate surface area is 214 Å². The Kier molecular flexibility index (Phi) is 20.6. The molecule has 0 saturated carbocycles. The van der Waals surface area contributed by atoms with Gasteiger partial charge in [-0.1, -0.05) is 78.1 Å². The van der Waals surface area contributed by atoms with Crippen molar-refractivity contribution in [3.63, 3.8) is 0 Å². The molecule has 0 aliphatic rings. The predicted molar refractivity (Wildman–Crippen MR) is 134 cm³/mol. The van der Waals surface area contributed by atoms with Crippen LogP contribution in [0.3, 0.4) is 0 Å². The van der Waals surface area contributed by atoms with E-state index in [0.717, 1.165) is 38.5 Å². The molecule has 0 aliphatic carbocycles. The number of hydrogen-bond donors (Lipinski definition) is 4. The molecule has 0 spiro atoms. The van der Waals surface area contributed by atoms with Gasteiger partial charge in [-0.25, -0.2) is 9.36 Å². The van der Waals surface area contributed by atoms with Crippen LogP contribution in [-0.4, -0.2) is 64.9 Å². The van der Waals surface area contributed by atoms with Gasteiger partial charge in [-0.15, -0.1) is 0 Å². The number of ether oxygens (including phenoxy) is 1. The van der Waals surface area contributed by atoms with E-state index < -0.39 is 57.6 Å². The quantitative estimate of drug-likeness (QED) is 0.0796. The molecule has 212 valence electrons. The summed E-state index contributed by atoms with van der Waals surface area (Å²) in [6.07, 6.45) is 11.0. The molecule has 0 aromatic rings. The molecular weight excluding hydrogens is 493 g/mol. The average Bonchev–Trinajstić information content (AvgIpc) is 2.83. The van der Waals surface area contributed by atoms with Gasteiger partial charge in [0, 0.05) is 12.8 Å². The van der Waals surface area contributed by atoms with Gasteiger partial charge in [0.25, 0.3) is 0 Å². The summed E-state index contributed by atoms with van der Waals surface area (Å²) in [6, 6.07) is -1.53. The van der Waals surface area contributed by atoms with E-state index >= 15 is 0 Å². The fraction of sp³-hybridized carbons (Fsp3) is 0.875. The number of hydrogen-bond acceptors (Lipinski definition) is 8. The molecule has 0 saturated heterocycles. The van der Waals surface area contributed by atoms with Gasteiger partial charge in [0.15, 0.2) is 6.04 Å². The number of phosphoric acid groups is 1. The lowest BCUT2D eigenvalue weighted by Gasteiger charge is -2.18. The smallest absolute Gasteiger partial charge is 0.472 e. The largest absolute Gasteiger partial charge is 0.480 e. The summed E-state index contributed by atoms with van der Waals surface area (Å²) < 4.78 is 26.2. The Hall–Kier alpha value is -1.52. The van der Waals surface area contributed by atoms with Crippen LogP contribution in [0.5, 0.6) is 0 Å². The van der Waals surface area contributed by atoms with Crippen LogP contribution in [0.2, 0.25) is 0 Å². The third-order valence-corrected chi connectivity index (χ3v) is 6.35. The Bertz CT molecular complexity index is 661. The lowest BCUT2D eigenvalue weighted by Crippen LogP contribution is -2.43. The Morgan fingerprint density at radius 2 is 1.28 bits per heavy atom. The first-order valence-corrected chi connectivity index (χ1v) is 14.6. The van der Waals surface area contributed by atoms with E-state index in [1.54, 1.807) is 0 Å². The van der Waals surface area contributed by atoms with Gasteiger partial charge < -0.3 is 25.2 Å². The van der Waals surface area contributed by atoms with Crippen LogP contribution in [0, 0.1) is 0 Å². The Morgan fingerprint density at radius 3 is 1.86 bits per heavy atom. The number of carbonyl (C=O) groups excluding carboxylic acids is 2. The van der Waals surface area contributed by atoms with Gasteiger partial charge >= 0.3 is 19.8 Å². The standard InChI is InChI=1S/C24H46NO10P/c1-3-5-7-9-10-11-12-13-15-22(27)25-21(24(29)30)19-35-36(31,32)34-18-20(26)17-33-23(28)16-14-8-6-4-2/h20-21,26H,3-19H2,1-2H3,(H,25,27)(H,29,30)(H,31,32). The average molecular weight is 540 g/mol. The summed E-state index contributed by atoms with van der Waals surface area (Å²) in [4.78, 5) is 44.7. The van der Waals surface area contributed by atoms with Gasteiger partial charge in [-0.3, -0.25) is 18.6 Å². The molecule has 0 aromatic carbocycles. The number of carboxylic acid groups (broad SMARTS) is 1. The zero-order valence-electron chi connectivity index (χ0n) is 21.8. The summed E-state index contributed by atoms with van der Waals surface area (Å²) in [5.74, 6) is -2.40. The van der Waals surface area contributed by atoms with E-state index in [0.29, 0.717) is 12.8 Å². The minimum atomic E-state index is -4.71. The molecule has 0 radical (unpaired) electrons. The van der Waals surface area contributed by atoms with Crippen molar-refractivity contribution in [1.29, 1.82) is 0 Å². The SMILES string of the molecule is CCCCCCCCCCC(=O)NC(COP(=O)(O)OCC(O)COC(=O)CCCCCC)C(=O)O.